The Morgan fingerprint density at radius 1 is 1.86 bits per heavy atom. The van der Waals surface area contributed by atoms with Crippen molar-refractivity contribution in [2.45, 2.75) is 13.3 Å². The summed E-state index contributed by atoms with van der Waals surface area (Å²) in [5.41, 5.74) is 0. The van der Waals surface area contributed by atoms with Crippen LogP contribution in [0.2, 0.25) is 0 Å². The van der Waals surface area contributed by atoms with Crippen molar-refractivity contribution in [2.24, 2.45) is 0 Å². The summed E-state index contributed by atoms with van der Waals surface area (Å²) in [6.07, 6.45) is 1.81. The maximum Gasteiger partial charge on any atom is 0.163 e. The van der Waals surface area contributed by atoms with E-state index in [1.807, 2.05) is 0 Å². The van der Waals surface area contributed by atoms with Gasteiger partial charge in [0.25, 0.3) is 0 Å². The molecule has 0 aromatic heterocycles. The Labute approximate surface area is 57.2 Å². The van der Waals surface area contributed by atoms with Gasteiger partial charge >= 0.3 is 0 Å². The van der Waals surface area contributed by atoms with Crippen LogP contribution in [0.5, 0.6) is 0 Å². The molecule has 0 rings (SSSR count). The molecule has 0 atom stereocenters. The SMILES string of the molecule is CC[CH-]C(=O)O.[W]. The Bertz CT molecular complexity index is 53.7. The molecule has 0 saturated carbocycles. The van der Waals surface area contributed by atoms with Gasteiger partial charge in [-0.3, -0.25) is 11.2 Å². The van der Waals surface area contributed by atoms with Gasteiger partial charge in [-0.15, -0.1) is 0 Å². The number of rotatable bonds is 2. The standard InChI is InChI=1S/C4H7O2.W/c1-2-3-4(5)6;/h3H,2H2,1H3,(H,5,6);/q-1;. The Hall–Kier alpha value is 0.0283. The van der Waals surface area contributed by atoms with E-state index in [1.165, 1.54) is 6.42 Å². The summed E-state index contributed by atoms with van der Waals surface area (Å²) in [6, 6.07) is 0. The molecule has 0 saturated heterocycles. The average Bonchev–Trinajstić information content (AvgIpc) is 1.35. The van der Waals surface area contributed by atoms with E-state index in [-0.39, 0.29) is 21.1 Å². The maximum absolute atomic E-state index is 9.54. The number of aliphatic carboxylic acids is 1. The second-order valence-corrected chi connectivity index (χ2v) is 0.951. The molecule has 0 radical (unpaired) electrons. The zero-order chi connectivity index (χ0) is 4.99. The number of hydrogen-bond donors (Lipinski definition) is 1. The molecule has 0 aromatic rings. The summed E-state index contributed by atoms with van der Waals surface area (Å²) in [4.78, 5) is 9.54. The summed E-state index contributed by atoms with van der Waals surface area (Å²) in [5.74, 6) is -0.836. The molecule has 7 heavy (non-hydrogen) atoms. The molecule has 42 valence electrons. The number of hydrogen-bond acceptors (Lipinski definition) is 1. The topological polar surface area (TPSA) is 37.3 Å². The minimum atomic E-state index is -0.836. The quantitative estimate of drug-likeness (QED) is 0.750. The molecule has 0 aliphatic carbocycles. The van der Waals surface area contributed by atoms with Gasteiger partial charge < -0.3 is 5.11 Å². The van der Waals surface area contributed by atoms with Crippen LogP contribution in [-0.2, 0) is 25.9 Å². The first-order valence-electron chi connectivity index (χ1n) is 1.83. The second-order valence-electron chi connectivity index (χ2n) is 0.951. The molecular formula is C4H7O2W-. The van der Waals surface area contributed by atoms with E-state index in [1.54, 1.807) is 6.92 Å². The molecule has 0 heterocycles. The van der Waals surface area contributed by atoms with Crippen LogP contribution in [0, 0.1) is 6.42 Å². The minimum Gasteiger partial charge on any atom is -0.503 e. The molecule has 0 aliphatic rings. The van der Waals surface area contributed by atoms with E-state index in [0.29, 0.717) is 6.42 Å². The zero-order valence-corrected chi connectivity index (χ0v) is 6.98. The van der Waals surface area contributed by atoms with Crippen molar-refractivity contribution in [3.05, 3.63) is 6.42 Å². The molecule has 0 spiro atoms. The first kappa shape index (κ1) is 10.1. The van der Waals surface area contributed by atoms with Crippen LogP contribution in [0.3, 0.4) is 0 Å². The van der Waals surface area contributed by atoms with Gasteiger partial charge in [-0.05, 0) is 0 Å². The predicted octanol–water partition coefficient (Wildman–Crippen LogP) is 0.683. The smallest absolute Gasteiger partial charge is 0.163 e. The van der Waals surface area contributed by atoms with Crippen molar-refractivity contribution in [2.75, 3.05) is 0 Å². The molecular weight excluding hydrogens is 264 g/mol. The van der Waals surface area contributed by atoms with Crippen LogP contribution in [0.15, 0.2) is 0 Å². The van der Waals surface area contributed by atoms with E-state index in [2.05, 4.69) is 0 Å². The maximum atomic E-state index is 9.54. The summed E-state index contributed by atoms with van der Waals surface area (Å²) in [7, 11) is 0. The van der Waals surface area contributed by atoms with Crippen LogP contribution < -0.4 is 0 Å². The fraction of sp³-hybridized carbons (Fsp3) is 0.500. The predicted molar refractivity (Wildman–Crippen MR) is 22.2 cm³/mol. The summed E-state index contributed by atoms with van der Waals surface area (Å²) in [6.45, 7) is 1.79. The van der Waals surface area contributed by atoms with Gasteiger partial charge in [-0.2, -0.15) is 6.42 Å². The largest absolute Gasteiger partial charge is 0.503 e. The Balaban J connectivity index is 0. The third-order valence-corrected chi connectivity index (χ3v) is 0.379. The average molecular weight is 271 g/mol. The number of carboxylic acids is 1. The van der Waals surface area contributed by atoms with Gasteiger partial charge in [0.1, 0.15) is 0 Å². The first-order chi connectivity index (χ1) is 2.77. The van der Waals surface area contributed by atoms with Gasteiger partial charge in [0.15, 0.2) is 5.97 Å². The third-order valence-electron chi connectivity index (χ3n) is 0.379. The monoisotopic (exact) mass is 271 g/mol. The molecule has 2 nitrogen and oxygen atoms in total. The van der Waals surface area contributed by atoms with Gasteiger partial charge in [-0.25, -0.2) is 0 Å². The zero-order valence-electron chi connectivity index (χ0n) is 4.05. The van der Waals surface area contributed by atoms with Crippen LogP contribution in [0.1, 0.15) is 13.3 Å². The van der Waals surface area contributed by atoms with Crippen LogP contribution in [0.25, 0.3) is 0 Å². The van der Waals surface area contributed by atoms with Crippen molar-refractivity contribution in [1.29, 1.82) is 0 Å². The molecule has 0 bridgehead atoms. The number of carboxylic acid groups (broad SMARTS) is 1. The summed E-state index contributed by atoms with van der Waals surface area (Å²) >= 11 is 0. The molecule has 0 unspecified atom stereocenters. The van der Waals surface area contributed by atoms with Gasteiger partial charge in [-0.1, -0.05) is 6.92 Å². The van der Waals surface area contributed by atoms with Crippen molar-refractivity contribution < 1.29 is 31.0 Å². The van der Waals surface area contributed by atoms with Gasteiger partial charge in [0, 0.05) is 21.1 Å². The minimum absolute atomic E-state index is 0. The first-order valence-corrected chi connectivity index (χ1v) is 1.83. The van der Waals surface area contributed by atoms with Crippen molar-refractivity contribution in [1.82, 2.24) is 0 Å². The molecule has 0 amide bonds. The molecule has 0 aliphatic heterocycles. The van der Waals surface area contributed by atoms with Gasteiger partial charge in [0.05, 0.1) is 0 Å². The van der Waals surface area contributed by atoms with E-state index < -0.39 is 5.97 Å². The summed E-state index contributed by atoms with van der Waals surface area (Å²) < 4.78 is 0. The van der Waals surface area contributed by atoms with E-state index in [4.69, 9.17) is 5.11 Å². The second kappa shape index (κ2) is 6.03. The van der Waals surface area contributed by atoms with Crippen molar-refractivity contribution in [3.63, 3.8) is 0 Å². The van der Waals surface area contributed by atoms with E-state index in [9.17, 15) is 4.79 Å². The Kier molecular flexibility index (Phi) is 8.70. The van der Waals surface area contributed by atoms with Crippen LogP contribution >= 0.6 is 0 Å². The van der Waals surface area contributed by atoms with Crippen LogP contribution in [0.4, 0.5) is 0 Å². The van der Waals surface area contributed by atoms with E-state index in [0.717, 1.165) is 0 Å². The van der Waals surface area contributed by atoms with Crippen molar-refractivity contribution in [3.8, 4) is 0 Å². The summed E-state index contributed by atoms with van der Waals surface area (Å²) in [5, 5.41) is 7.86. The normalized spacial score (nSPS) is 6.43. The van der Waals surface area contributed by atoms with Gasteiger partial charge in [0.2, 0.25) is 0 Å². The molecule has 1 N–H and O–H groups in total. The fourth-order valence-corrected chi connectivity index (χ4v) is 0.175. The molecule has 0 fully saturated rings. The fourth-order valence-electron chi connectivity index (χ4n) is 0.175. The van der Waals surface area contributed by atoms with Crippen molar-refractivity contribution >= 4 is 5.97 Å². The van der Waals surface area contributed by atoms with E-state index >= 15 is 0 Å². The number of carbonyl (C=O) groups is 1. The third kappa shape index (κ3) is 10.7. The Morgan fingerprint density at radius 3 is 2.29 bits per heavy atom. The molecule has 3 heteroatoms. The molecule has 0 aromatic carbocycles. The van der Waals surface area contributed by atoms with Crippen LogP contribution in [-0.4, -0.2) is 11.1 Å². The Morgan fingerprint density at radius 2 is 2.29 bits per heavy atom.